The number of hydrogen-bond acceptors (Lipinski definition) is 3. The molecule has 0 N–H and O–H groups in total. The first-order chi connectivity index (χ1) is 21.8. The molecular formula is C41H27N3. The minimum absolute atomic E-state index is 0.650. The standard InChI is InChI=1S/C41H27N3/c1-3-11-28(12-4-1)32-21-22-35-26-33(23-24-34(35)25-32)31-17-9-18-36(27-31)40-42-39(30-14-5-2-6-15-30)43-41(44-40)38-20-10-16-29-13-7-8-19-37(29)38/h1-27H. The lowest BCUT2D eigenvalue weighted by Crippen LogP contribution is -2.00. The van der Waals surface area contributed by atoms with E-state index in [0.29, 0.717) is 17.5 Å². The second kappa shape index (κ2) is 11.0. The highest BCUT2D eigenvalue weighted by atomic mass is 15.0. The maximum Gasteiger partial charge on any atom is 0.164 e. The van der Waals surface area contributed by atoms with E-state index < -0.39 is 0 Å². The molecule has 206 valence electrons. The summed E-state index contributed by atoms with van der Waals surface area (Å²) < 4.78 is 0. The second-order valence-electron chi connectivity index (χ2n) is 10.9. The van der Waals surface area contributed by atoms with Gasteiger partial charge in [0.05, 0.1) is 0 Å². The number of hydrogen-bond donors (Lipinski definition) is 0. The molecule has 0 spiro atoms. The predicted molar refractivity (Wildman–Crippen MR) is 182 cm³/mol. The first kappa shape index (κ1) is 25.8. The van der Waals surface area contributed by atoms with Crippen LogP contribution in [0, 0.1) is 0 Å². The molecule has 8 aromatic rings. The summed E-state index contributed by atoms with van der Waals surface area (Å²) in [7, 11) is 0. The van der Waals surface area contributed by atoms with Gasteiger partial charge in [-0.15, -0.1) is 0 Å². The van der Waals surface area contributed by atoms with Gasteiger partial charge < -0.3 is 0 Å². The molecule has 0 radical (unpaired) electrons. The molecule has 0 bridgehead atoms. The Labute approximate surface area is 256 Å². The summed E-state index contributed by atoms with van der Waals surface area (Å²) in [6.07, 6.45) is 0. The van der Waals surface area contributed by atoms with E-state index in [1.54, 1.807) is 0 Å². The van der Waals surface area contributed by atoms with Gasteiger partial charge in [0.15, 0.2) is 17.5 Å². The molecule has 0 fully saturated rings. The summed E-state index contributed by atoms with van der Waals surface area (Å²) in [6.45, 7) is 0. The van der Waals surface area contributed by atoms with Gasteiger partial charge in [-0.2, -0.15) is 0 Å². The molecule has 1 aromatic heterocycles. The zero-order valence-corrected chi connectivity index (χ0v) is 23.9. The smallest absolute Gasteiger partial charge is 0.164 e. The van der Waals surface area contributed by atoms with Crippen LogP contribution in [0.15, 0.2) is 164 Å². The molecular weight excluding hydrogens is 534 g/mol. The molecule has 3 heteroatoms. The highest BCUT2D eigenvalue weighted by Gasteiger charge is 2.15. The summed E-state index contributed by atoms with van der Waals surface area (Å²) in [5, 5.41) is 4.70. The van der Waals surface area contributed by atoms with Crippen molar-refractivity contribution in [3.05, 3.63) is 164 Å². The maximum absolute atomic E-state index is 5.05. The van der Waals surface area contributed by atoms with Crippen molar-refractivity contribution in [2.45, 2.75) is 0 Å². The Hall–Kier alpha value is -5.93. The van der Waals surface area contributed by atoms with Crippen LogP contribution in [0.1, 0.15) is 0 Å². The molecule has 0 aliphatic rings. The average molecular weight is 562 g/mol. The van der Waals surface area contributed by atoms with Crippen molar-refractivity contribution in [1.82, 2.24) is 15.0 Å². The quantitative estimate of drug-likeness (QED) is 0.210. The number of rotatable bonds is 5. The maximum atomic E-state index is 5.05. The van der Waals surface area contributed by atoms with Crippen molar-refractivity contribution < 1.29 is 0 Å². The number of aromatic nitrogens is 3. The van der Waals surface area contributed by atoms with E-state index in [2.05, 4.69) is 133 Å². The molecule has 44 heavy (non-hydrogen) atoms. The Morgan fingerprint density at radius 3 is 1.52 bits per heavy atom. The Morgan fingerprint density at radius 1 is 0.273 bits per heavy atom. The molecule has 0 aliphatic carbocycles. The zero-order chi connectivity index (χ0) is 29.3. The zero-order valence-electron chi connectivity index (χ0n) is 23.9. The molecule has 0 saturated carbocycles. The van der Waals surface area contributed by atoms with E-state index in [1.165, 1.54) is 21.9 Å². The van der Waals surface area contributed by atoms with E-state index in [-0.39, 0.29) is 0 Å². The summed E-state index contributed by atoms with van der Waals surface area (Å²) in [5.41, 5.74) is 7.61. The van der Waals surface area contributed by atoms with E-state index in [9.17, 15) is 0 Å². The molecule has 7 aromatic carbocycles. The van der Waals surface area contributed by atoms with Crippen molar-refractivity contribution in [2.24, 2.45) is 0 Å². The Bertz CT molecular complexity index is 2270. The van der Waals surface area contributed by atoms with Crippen molar-refractivity contribution >= 4 is 21.5 Å². The molecule has 0 amide bonds. The topological polar surface area (TPSA) is 38.7 Å². The van der Waals surface area contributed by atoms with Gasteiger partial charge in [-0.1, -0.05) is 146 Å². The van der Waals surface area contributed by atoms with Gasteiger partial charge in [-0.3, -0.25) is 0 Å². The highest BCUT2D eigenvalue weighted by molar-refractivity contribution is 5.95. The molecule has 0 saturated heterocycles. The third-order valence-electron chi connectivity index (χ3n) is 8.10. The summed E-state index contributed by atoms with van der Waals surface area (Å²) in [6, 6.07) is 57.1. The predicted octanol–water partition coefficient (Wildman–Crippen LogP) is 10.5. The SMILES string of the molecule is c1ccc(-c2ccc3cc(-c4cccc(-c5nc(-c6ccccc6)nc(-c6cccc7ccccc67)n5)c4)ccc3c2)cc1. The largest absolute Gasteiger partial charge is 0.208 e. The molecule has 1 heterocycles. The molecule has 0 unspecified atom stereocenters. The van der Waals surface area contributed by atoms with Crippen molar-refractivity contribution in [2.75, 3.05) is 0 Å². The molecule has 8 rings (SSSR count). The van der Waals surface area contributed by atoms with Gasteiger partial charge in [0.25, 0.3) is 0 Å². The van der Waals surface area contributed by atoms with Crippen LogP contribution < -0.4 is 0 Å². The minimum atomic E-state index is 0.650. The van der Waals surface area contributed by atoms with E-state index >= 15 is 0 Å². The van der Waals surface area contributed by atoms with Crippen molar-refractivity contribution in [3.8, 4) is 56.4 Å². The van der Waals surface area contributed by atoms with Gasteiger partial charge in [0.1, 0.15) is 0 Å². The fourth-order valence-electron chi connectivity index (χ4n) is 5.84. The number of fused-ring (bicyclic) bond motifs is 2. The normalized spacial score (nSPS) is 11.2. The van der Waals surface area contributed by atoms with Gasteiger partial charge >= 0.3 is 0 Å². The number of benzene rings is 7. The van der Waals surface area contributed by atoms with Gasteiger partial charge in [-0.05, 0) is 62.0 Å². The van der Waals surface area contributed by atoms with E-state index in [1.807, 2.05) is 30.3 Å². The third kappa shape index (κ3) is 4.91. The fraction of sp³-hybridized carbons (Fsp3) is 0. The van der Waals surface area contributed by atoms with Crippen LogP contribution in [-0.4, -0.2) is 15.0 Å². The molecule has 0 aliphatic heterocycles. The molecule has 3 nitrogen and oxygen atoms in total. The highest BCUT2D eigenvalue weighted by Crippen LogP contribution is 2.33. The van der Waals surface area contributed by atoms with Crippen LogP contribution in [0.3, 0.4) is 0 Å². The van der Waals surface area contributed by atoms with Gasteiger partial charge in [0.2, 0.25) is 0 Å². The van der Waals surface area contributed by atoms with Crippen LogP contribution in [0.25, 0.3) is 78.0 Å². The fourth-order valence-corrected chi connectivity index (χ4v) is 5.84. The van der Waals surface area contributed by atoms with Gasteiger partial charge in [-0.25, -0.2) is 15.0 Å². The van der Waals surface area contributed by atoms with Crippen LogP contribution in [0.2, 0.25) is 0 Å². The second-order valence-corrected chi connectivity index (χ2v) is 10.9. The van der Waals surface area contributed by atoms with E-state index in [4.69, 9.17) is 15.0 Å². The summed E-state index contributed by atoms with van der Waals surface area (Å²) >= 11 is 0. The van der Waals surface area contributed by atoms with Gasteiger partial charge in [0, 0.05) is 16.7 Å². The Morgan fingerprint density at radius 2 is 0.773 bits per heavy atom. The lowest BCUT2D eigenvalue weighted by molar-refractivity contribution is 1.08. The first-order valence-corrected chi connectivity index (χ1v) is 14.8. The van der Waals surface area contributed by atoms with Crippen molar-refractivity contribution in [1.29, 1.82) is 0 Å². The van der Waals surface area contributed by atoms with Crippen LogP contribution in [0.4, 0.5) is 0 Å². The minimum Gasteiger partial charge on any atom is -0.208 e. The summed E-state index contributed by atoms with van der Waals surface area (Å²) in [5.74, 6) is 1.97. The average Bonchev–Trinajstić information content (AvgIpc) is 3.11. The van der Waals surface area contributed by atoms with Crippen LogP contribution in [-0.2, 0) is 0 Å². The first-order valence-electron chi connectivity index (χ1n) is 14.8. The van der Waals surface area contributed by atoms with Crippen LogP contribution >= 0.6 is 0 Å². The molecule has 0 atom stereocenters. The monoisotopic (exact) mass is 561 g/mol. The van der Waals surface area contributed by atoms with E-state index in [0.717, 1.165) is 38.6 Å². The Balaban J connectivity index is 1.22. The lowest BCUT2D eigenvalue weighted by atomic mass is 9.97. The number of nitrogens with zero attached hydrogens (tertiary/aromatic N) is 3. The third-order valence-corrected chi connectivity index (χ3v) is 8.10. The van der Waals surface area contributed by atoms with Crippen molar-refractivity contribution in [3.63, 3.8) is 0 Å². The Kier molecular flexibility index (Phi) is 6.47. The summed E-state index contributed by atoms with van der Waals surface area (Å²) in [4.78, 5) is 15.0. The van der Waals surface area contributed by atoms with Crippen LogP contribution in [0.5, 0.6) is 0 Å². The lowest BCUT2D eigenvalue weighted by Gasteiger charge is -2.11.